The number of rotatable bonds is 4. The number of carbonyl (C=O) groups excluding carboxylic acids is 1. The molecule has 9 heteroatoms. The Kier molecular flexibility index (Phi) is 4.51. The number of esters is 1. The fourth-order valence-electron chi connectivity index (χ4n) is 2.07. The van der Waals surface area contributed by atoms with Crippen LogP contribution < -0.4 is 5.56 Å². The summed E-state index contributed by atoms with van der Waals surface area (Å²) < 4.78 is 5.68. The molecule has 0 saturated carbocycles. The number of methoxy groups -OCH3 is 1. The van der Waals surface area contributed by atoms with Gasteiger partial charge >= 0.3 is 5.97 Å². The molecule has 6 nitrogen and oxygen atoms in total. The number of carbonyl (C=O) groups is 1. The number of aromatic nitrogens is 3. The summed E-state index contributed by atoms with van der Waals surface area (Å²) in [4.78, 5) is 36.6. The highest BCUT2D eigenvalue weighted by Crippen LogP contribution is 2.29. The molecular formula is C14H13N3O3S3. The number of nitrogens with one attached hydrogen (secondary N) is 1. The lowest BCUT2D eigenvalue weighted by Crippen LogP contribution is -2.11. The molecule has 0 aliphatic rings. The molecule has 0 spiro atoms. The van der Waals surface area contributed by atoms with Gasteiger partial charge in [-0.15, -0.1) is 22.7 Å². The standard InChI is InChI=1S/C14H13N3O3S3/c1-6-4-21-14(15-6)22-5-8-16-11(18)9-7(2)10(13(19)20-3)23-12(9)17-8/h4H,5H2,1-3H3,(H,16,17,18). The zero-order valence-electron chi connectivity index (χ0n) is 12.6. The van der Waals surface area contributed by atoms with Gasteiger partial charge in [-0.3, -0.25) is 4.79 Å². The summed E-state index contributed by atoms with van der Waals surface area (Å²) in [6.07, 6.45) is 0. The molecule has 0 saturated heterocycles. The maximum atomic E-state index is 12.3. The number of H-pyrrole nitrogens is 1. The Morgan fingerprint density at radius 3 is 2.83 bits per heavy atom. The van der Waals surface area contributed by atoms with Crippen LogP contribution in [0.4, 0.5) is 0 Å². The van der Waals surface area contributed by atoms with Gasteiger partial charge in [0.1, 0.15) is 15.5 Å². The molecule has 0 aliphatic heterocycles. The molecule has 0 unspecified atom stereocenters. The van der Waals surface area contributed by atoms with Crippen molar-refractivity contribution < 1.29 is 9.53 Å². The van der Waals surface area contributed by atoms with Gasteiger partial charge in [-0.05, 0) is 19.4 Å². The first-order valence-electron chi connectivity index (χ1n) is 6.65. The van der Waals surface area contributed by atoms with Crippen molar-refractivity contribution in [2.45, 2.75) is 23.9 Å². The van der Waals surface area contributed by atoms with Crippen molar-refractivity contribution in [3.8, 4) is 0 Å². The molecular weight excluding hydrogens is 354 g/mol. The van der Waals surface area contributed by atoms with E-state index in [-0.39, 0.29) is 5.56 Å². The number of nitrogens with zero attached hydrogens (tertiary/aromatic N) is 2. The number of hydrogen-bond acceptors (Lipinski definition) is 8. The smallest absolute Gasteiger partial charge is 0.348 e. The number of aryl methyl sites for hydroxylation is 2. The third kappa shape index (κ3) is 3.17. The number of fused-ring (bicyclic) bond motifs is 1. The second-order valence-electron chi connectivity index (χ2n) is 4.78. The summed E-state index contributed by atoms with van der Waals surface area (Å²) in [6.45, 7) is 3.67. The van der Waals surface area contributed by atoms with Gasteiger partial charge in [-0.25, -0.2) is 14.8 Å². The van der Waals surface area contributed by atoms with Crippen LogP contribution >= 0.6 is 34.4 Å². The van der Waals surface area contributed by atoms with Gasteiger partial charge in [0.2, 0.25) is 0 Å². The van der Waals surface area contributed by atoms with Crippen molar-refractivity contribution in [1.29, 1.82) is 0 Å². The minimum Gasteiger partial charge on any atom is -0.465 e. The van der Waals surface area contributed by atoms with Gasteiger partial charge in [0.15, 0.2) is 4.34 Å². The second kappa shape index (κ2) is 6.42. The molecule has 3 aromatic rings. The predicted molar refractivity (Wildman–Crippen MR) is 92.7 cm³/mol. The number of aromatic amines is 1. The Morgan fingerprint density at radius 2 is 2.17 bits per heavy atom. The maximum absolute atomic E-state index is 12.3. The fourth-order valence-corrected chi connectivity index (χ4v) is 4.91. The number of hydrogen-bond donors (Lipinski definition) is 1. The fraction of sp³-hybridized carbons (Fsp3) is 0.286. The summed E-state index contributed by atoms with van der Waals surface area (Å²) in [5.41, 5.74) is 1.36. The van der Waals surface area contributed by atoms with Crippen LogP contribution in [-0.4, -0.2) is 28.0 Å². The third-order valence-electron chi connectivity index (χ3n) is 3.15. The molecule has 0 fully saturated rings. The van der Waals surface area contributed by atoms with E-state index in [1.54, 1.807) is 18.3 Å². The highest BCUT2D eigenvalue weighted by molar-refractivity contribution is 8.00. The molecule has 23 heavy (non-hydrogen) atoms. The molecule has 3 heterocycles. The quantitative estimate of drug-likeness (QED) is 0.563. The molecule has 0 aliphatic carbocycles. The van der Waals surface area contributed by atoms with E-state index >= 15 is 0 Å². The highest BCUT2D eigenvalue weighted by atomic mass is 32.2. The van der Waals surface area contributed by atoms with Crippen LogP contribution in [0.1, 0.15) is 26.8 Å². The SMILES string of the molecule is COC(=O)c1sc2nc(CSc3nc(C)cs3)[nH]c(=O)c2c1C. The van der Waals surface area contributed by atoms with Gasteiger partial charge in [0.05, 0.1) is 18.2 Å². The average molecular weight is 367 g/mol. The van der Waals surface area contributed by atoms with Crippen molar-refractivity contribution in [3.63, 3.8) is 0 Å². The topological polar surface area (TPSA) is 84.9 Å². The van der Waals surface area contributed by atoms with Crippen LogP contribution in [0.25, 0.3) is 10.2 Å². The summed E-state index contributed by atoms with van der Waals surface area (Å²) in [7, 11) is 1.32. The monoisotopic (exact) mass is 367 g/mol. The lowest BCUT2D eigenvalue weighted by molar-refractivity contribution is 0.0605. The third-order valence-corrected chi connectivity index (χ3v) is 6.47. The molecule has 0 bridgehead atoms. The minimum atomic E-state index is -0.445. The van der Waals surface area contributed by atoms with E-state index in [1.807, 2.05) is 12.3 Å². The van der Waals surface area contributed by atoms with Crippen molar-refractivity contribution in [3.05, 3.63) is 37.7 Å². The Morgan fingerprint density at radius 1 is 1.39 bits per heavy atom. The zero-order chi connectivity index (χ0) is 16.6. The van der Waals surface area contributed by atoms with E-state index in [2.05, 4.69) is 15.0 Å². The van der Waals surface area contributed by atoms with Crippen molar-refractivity contribution in [2.24, 2.45) is 0 Å². The minimum absolute atomic E-state index is 0.232. The normalized spacial score (nSPS) is 11.1. The lowest BCUT2D eigenvalue weighted by atomic mass is 10.2. The summed E-state index contributed by atoms with van der Waals surface area (Å²) in [6, 6.07) is 0. The Balaban J connectivity index is 1.94. The summed E-state index contributed by atoms with van der Waals surface area (Å²) >= 11 is 4.27. The van der Waals surface area contributed by atoms with E-state index in [1.165, 1.54) is 30.2 Å². The zero-order valence-corrected chi connectivity index (χ0v) is 15.1. The van der Waals surface area contributed by atoms with Crippen molar-refractivity contribution >= 4 is 50.6 Å². The molecule has 3 rings (SSSR count). The van der Waals surface area contributed by atoms with E-state index in [0.717, 1.165) is 10.0 Å². The number of thiazole rings is 1. The maximum Gasteiger partial charge on any atom is 0.348 e. The van der Waals surface area contributed by atoms with Crippen LogP contribution in [0.3, 0.4) is 0 Å². The number of ether oxygens (including phenoxy) is 1. The van der Waals surface area contributed by atoms with Crippen LogP contribution in [0.15, 0.2) is 14.5 Å². The van der Waals surface area contributed by atoms with Crippen molar-refractivity contribution in [1.82, 2.24) is 15.0 Å². The summed E-state index contributed by atoms with van der Waals surface area (Å²) in [5, 5.41) is 2.43. The number of thiophene rings is 1. The van der Waals surface area contributed by atoms with Crippen LogP contribution in [0, 0.1) is 13.8 Å². The Bertz CT molecular complexity index is 942. The molecule has 120 valence electrons. The van der Waals surface area contributed by atoms with Gasteiger partial charge in [0, 0.05) is 11.1 Å². The van der Waals surface area contributed by atoms with Crippen LogP contribution in [0.5, 0.6) is 0 Å². The van der Waals surface area contributed by atoms with Gasteiger partial charge in [0.25, 0.3) is 5.56 Å². The first-order chi connectivity index (χ1) is 11.0. The van der Waals surface area contributed by atoms with Gasteiger partial charge < -0.3 is 9.72 Å². The largest absolute Gasteiger partial charge is 0.465 e. The van der Waals surface area contributed by atoms with E-state index < -0.39 is 5.97 Å². The van der Waals surface area contributed by atoms with Gasteiger partial charge in [-0.1, -0.05) is 11.8 Å². The van der Waals surface area contributed by atoms with Crippen LogP contribution in [-0.2, 0) is 10.5 Å². The predicted octanol–water partition coefficient (Wildman–Crippen LogP) is 3.14. The Hall–Kier alpha value is -1.71. The molecule has 3 aromatic heterocycles. The van der Waals surface area contributed by atoms with Crippen LogP contribution in [0.2, 0.25) is 0 Å². The summed E-state index contributed by atoms with van der Waals surface area (Å²) in [5.74, 6) is 0.639. The number of thioether (sulfide) groups is 1. The molecule has 0 aromatic carbocycles. The molecule has 0 radical (unpaired) electrons. The van der Waals surface area contributed by atoms with E-state index in [4.69, 9.17) is 4.74 Å². The first kappa shape index (κ1) is 16.2. The average Bonchev–Trinajstić information content (AvgIpc) is 3.08. The van der Waals surface area contributed by atoms with E-state index in [9.17, 15) is 9.59 Å². The second-order valence-corrected chi connectivity index (χ2v) is 7.86. The Labute approximate surface area is 143 Å². The van der Waals surface area contributed by atoms with Gasteiger partial charge in [-0.2, -0.15) is 0 Å². The first-order valence-corrected chi connectivity index (χ1v) is 9.33. The van der Waals surface area contributed by atoms with Crippen molar-refractivity contribution in [2.75, 3.05) is 7.11 Å². The molecule has 0 atom stereocenters. The van der Waals surface area contributed by atoms with E-state index in [0.29, 0.717) is 32.2 Å². The molecule has 1 N–H and O–H groups in total. The lowest BCUT2D eigenvalue weighted by Gasteiger charge is -1.99. The highest BCUT2D eigenvalue weighted by Gasteiger charge is 2.19. The molecule has 0 amide bonds.